The van der Waals surface area contributed by atoms with Gasteiger partial charge in [0.15, 0.2) is 0 Å². The van der Waals surface area contributed by atoms with Crippen LogP contribution >= 0.6 is 0 Å². The lowest BCUT2D eigenvalue weighted by atomic mass is 10.0. The standard InChI is InChI=1S/C9H18N2O/c1-7(8(2)12)5-4-6-11-9(3)10/h7,11H,3-6,10H2,1-2H3/t7-/m0/s1. The van der Waals surface area contributed by atoms with E-state index in [9.17, 15) is 4.79 Å². The Hall–Kier alpha value is -0.990. The average molecular weight is 170 g/mol. The monoisotopic (exact) mass is 170 g/mol. The van der Waals surface area contributed by atoms with Crippen LogP contribution in [0.2, 0.25) is 0 Å². The highest BCUT2D eigenvalue weighted by Gasteiger charge is 2.05. The summed E-state index contributed by atoms with van der Waals surface area (Å²) in [5.74, 6) is 0.907. The molecule has 0 spiro atoms. The number of Topliss-reactive ketones (excluding diaryl/α,β-unsaturated/α-hetero) is 1. The Morgan fingerprint density at radius 1 is 1.67 bits per heavy atom. The van der Waals surface area contributed by atoms with Crippen molar-refractivity contribution in [1.29, 1.82) is 0 Å². The van der Waals surface area contributed by atoms with Gasteiger partial charge in [-0.05, 0) is 19.8 Å². The molecule has 0 aliphatic carbocycles. The van der Waals surface area contributed by atoms with Crippen molar-refractivity contribution in [2.45, 2.75) is 26.7 Å². The number of carbonyl (C=O) groups excluding carboxylic acids is 1. The van der Waals surface area contributed by atoms with E-state index in [0.29, 0.717) is 5.82 Å². The van der Waals surface area contributed by atoms with Gasteiger partial charge in [-0.15, -0.1) is 0 Å². The van der Waals surface area contributed by atoms with Gasteiger partial charge >= 0.3 is 0 Å². The first-order valence-electron chi connectivity index (χ1n) is 4.22. The smallest absolute Gasteiger partial charge is 0.132 e. The van der Waals surface area contributed by atoms with E-state index in [0.717, 1.165) is 19.4 Å². The number of hydrogen-bond acceptors (Lipinski definition) is 3. The van der Waals surface area contributed by atoms with Gasteiger partial charge in [0, 0.05) is 12.5 Å². The molecular weight excluding hydrogens is 152 g/mol. The van der Waals surface area contributed by atoms with Crippen molar-refractivity contribution in [2.24, 2.45) is 11.7 Å². The Bertz CT molecular complexity index is 166. The lowest BCUT2D eigenvalue weighted by Gasteiger charge is -2.08. The second-order valence-corrected chi connectivity index (χ2v) is 3.11. The van der Waals surface area contributed by atoms with Crippen molar-refractivity contribution < 1.29 is 4.79 Å². The maximum atomic E-state index is 10.8. The highest BCUT2D eigenvalue weighted by molar-refractivity contribution is 5.77. The first kappa shape index (κ1) is 11.0. The molecule has 3 N–H and O–H groups in total. The van der Waals surface area contributed by atoms with Crippen molar-refractivity contribution in [2.75, 3.05) is 6.54 Å². The summed E-state index contributed by atoms with van der Waals surface area (Å²) in [6.45, 7) is 7.87. The molecule has 0 amide bonds. The largest absolute Gasteiger partial charge is 0.386 e. The molecule has 3 nitrogen and oxygen atoms in total. The van der Waals surface area contributed by atoms with Crippen LogP contribution in [-0.2, 0) is 4.79 Å². The molecule has 0 saturated heterocycles. The second-order valence-electron chi connectivity index (χ2n) is 3.11. The van der Waals surface area contributed by atoms with E-state index in [4.69, 9.17) is 5.73 Å². The van der Waals surface area contributed by atoms with Gasteiger partial charge in [0.1, 0.15) is 5.78 Å². The van der Waals surface area contributed by atoms with Crippen molar-refractivity contribution >= 4 is 5.78 Å². The molecule has 70 valence electrons. The molecule has 0 aromatic rings. The number of hydrogen-bond donors (Lipinski definition) is 2. The molecule has 0 aliphatic rings. The molecule has 0 heterocycles. The Morgan fingerprint density at radius 2 is 2.25 bits per heavy atom. The third kappa shape index (κ3) is 5.77. The van der Waals surface area contributed by atoms with Gasteiger partial charge < -0.3 is 11.1 Å². The predicted molar refractivity (Wildman–Crippen MR) is 50.4 cm³/mol. The summed E-state index contributed by atoms with van der Waals surface area (Å²) in [4.78, 5) is 10.8. The first-order valence-corrected chi connectivity index (χ1v) is 4.22. The van der Waals surface area contributed by atoms with E-state index in [2.05, 4.69) is 11.9 Å². The van der Waals surface area contributed by atoms with E-state index in [1.165, 1.54) is 0 Å². The van der Waals surface area contributed by atoms with Crippen molar-refractivity contribution in [3.05, 3.63) is 12.4 Å². The zero-order valence-corrected chi connectivity index (χ0v) is 7.89. The highest BCUT2D eigenvalue weighted by Crippen LogP contribution is 2.05. The fourth-order valence-electron chi connectivity index (χ4n) is 0.860. The van der Waals surface area contributed by atoms with E-state index < -0.39 is 0 Å². The summed E-state index contributed by atoms with van der Waals surface area (Å²) in [7, 11) is 0. The summed E-state index contributed by atoms with van der Waals surface area (Å²) < 4.78 is 0. The molecule has 0 bridgehead atoms. The Balaban J connectivity index is 3.31. The zero-order chi connectivity index (χ0) is 9.56. The summed E-state index contributed by atoms with van der Waals surface area (Å²) in [5.41, 5.74) is 5.30. The van der Waals surface area contributed by atoms with Gasteiger partial charge in [-0.3, -0.25) is 4.79 Å². The third-order valence-electron chi connectivity index (χ3n) is 1.86. The zero-order valence-electron chi connectivity index (χ0n) is 7.89. The molecule has 0 rings (SSSR count). The Kier molecular flexibility index (Phi) is 5.17. The summed E-state index contributed by atoms with van der Waals surface area (Å²) in [5, 5.41) is 2.91. The fourth-order valence-corrected chi connectivity index (χ4v) is 0.860. The van der Waals surface area contributed by atoms with Crippen LogP contribution in [0.3, 0.4) is 0 Å². The van der Waals surface area contributed by atoms with Crippen LogP contribution in [0.5, 0.6) is 0 Å². The molecule has 0 aliphatic heterocycles. The first-order chi connectivity index (χ1) is 5.54. The third-order valence-corrected chi connectivity index (χ3v) is 1.86. The molecule has 0 aromatic carbocycles. The number of nitrogens with one attached hydrogen (secondary N) is 1. The van der Waals surface area contributed by atoms with Gasteiger partial charge in [-0.25, -0.2) is 0 Å². The van der Waals surface area contributed by atoms with E-state index in [1.54, 1.807) is 6.92 Å². The van der Waals surface area contributed by atoms with Gasteiger partial charge in [0.2, 0.25) is 0 Å². The van der Waals surface area contributed by atoms with Crippen LogP contribution in [-0.4, -0.2) is 12.3 Å². The topological polar surface area (TPSA) is 55.1 Å². The minimum atomic E-state index is 0.165. The van der Waals surface area contributed by atoms with Crippen LogP contribution in [0, 0.1) is 5.92 Å². The van der Waals surface area contributed by atoms with E-state index in [1.807, 2.05) is 6.92 Å². The number of nitrogens with two attached hydrogens (primary N) is 1. The summed E-state index contributed by atoms with van der Waals surface area (Å²) in [6.07, 6.45) is 1.87. The SMILES string of the molecule is C=C(N)NCCC[C@H](C)C(C)=O. The fraction of sp³-hybridized carbons (Fsp3) is 0.667. The normalized spacial score (nSPS) is 12.2. The lowest BCUT2D eigenvalue weighted by molar-refractivity contribution is -0.120. The number of carbonyl (C=O) groups is 1. The highest BCUT2D eigenvalue weighted by atomic mass is 16.1. The summed E-state index contributed by atoms with van der Waals surface area (Å²) >= 11 is 0. The van der Waals surface area contributed by atoms with Crippen LogP contribution in [0.4, 0.5) is 0 Å². The number of ketones is 1. The average Bonchev–Trinajstić information content (AvgIpc) is 1.97. The molecule has 1 atom stereocenters. The van der Waals surface area contributed by atoms with Crippen LogP contribution < -0.4 is 11.1 Å². The molecule has 12 heavy (non-hydrogen) atoms. The number of rotatable bonds is 6. The predicted octanol–water partition coefficient (Wildman–Crippen LogP) is 1.01. The van der Waals surface area contributed by atoms with Crippen LogP contribution in [0.1, 0.15) is 26.7 Å². The van der Waals surface area contributed by atoms with Gasteiger partial charge in [0.05, 0.1) is 5.82 Å². The van der Waals surface area contributed by atoms with Crippen molar-refractivity contribution in [3.8, 4) is 0 Å². The lowest BCUT2D eigenvalue weighted by Crippen LogP contribution is -2.20. The second kappa shape index (κ2) is 5.63. The van der Waals surface area contributed by atoms with Gasteiger partial charge in [-0.1, -0.05) is 13.5 Å². The minimum absolute atomic E-state index is 0.165. The van der Waals surface area contributed by atoms with Crippen molar-refractivity contribution in [1.82, 2.24) is 5.32 Å². The molecule has 0 radical (unpaired) electrons. The molecule has 0 unspecified atom stereocenters. The Morgan fingerprint density at radius 3 is 2.67 bits per heavy atom. The van der Waals surface area contributed by atoms with Gasteiger partial charge in [0.25, 0.3) is 0 Å². The van der Waals surface area contributed by atoms with E-state index >= 15 is 0 Å². The Labute approximate surface area is 74.0 Å². The van der Waals surface area contributed by atoms with Crippen LogP contribution in [0.15, 0.2) is 12.4 Å². The quantitative estimate of drug-likeness (QED) is 0.585. The molecule has 0 aromatic heterocycles. The maximum absolute atomic E-state index is 10.8. The molecule has 0 fully saturated rings. The van der Waals surface area contributed by atoms with Crippen LogP contribution in [0.25, 0.3) is 0 Å². The van der Waals surface area contributed by atoms with Gasteiger partial charge in [-0.2, -0.15) is 0 Å². The van der Waals surface area contributed by atoms with E-state index in [-0.39, 0.29) is 11.7 Å². The minimum Gasteiger partial charge on any atom is -0.386 e. The molecular formula is C9H18N2O. The molecule has 3 heteroatoms. The molecule has 0 saturated carbocycles. The summed E-state index contributed by atoms with van der Waals surface area (Å²) in [6, 6.07) is 0. The van der Waals surface area contributed by atoms with Crippen molar-refractivity contribution in [3.63, 3.8) is 0 Å². The maximum Gasteiger partial charge on any atom is 0.132 e.